The molecule has 0 fully saturated rings. The number of nitrogens with zero attached hydrogens (tertiary/aromatic N) is 2. The standard InChI is InChI=1S/C10H13N3OS/c1-11-6-2-5-9-12-10(14-13-9)8-4-3-7-15-8/h3-4,7,11H,2,5-6H2,1H3. The lowest BCUT2D eigenvalue weighted by Crippen LogP contribution is -2.08. The van der Waals surface area contributed by atoms with Crippen molar-refractivity contribution in [2.24, 2.45) is 0 Å². The van der Waals surface area contributed by atoms with Crippen molar-refractivity contribution in [1.29, 1.82) is 0 Å². The van der Waals surface area contributed by atoms with Crippen molar-refractivity contribution in [2.45, 2.75) is 12.8 Å². The van der Waals surface area contributed by atoms with Gasteiger partial charge in [-0.2, -0.15) is 4.98 Å². The van der Waals surface area contributed by atoms with E-state index in [0.29, 0.717) is 5.89 Å². The zero-order chi connectivity index (χ0) is 10.5. The molecular formula is C10H13N3OS. The van der Waals surface area contributed by atoms with Crippen molar-refractivity contribution in [1.82, 2.24) is 15.5 Å². The maximum Gasteiger partial charge on any atom is 0.267 e. The van der Waals surface area contributed by atoms with Gasteiger partial charge in [0.2, 0.25) is 0 Å². The minimum Gasteiger partial charge on any atom is -0.333 e. The fraction of sp³-hybridized carbons (Fsp3) is 0.400. The third kappa shape index (κ3) is 2.64. The average Bonchev–Trinajstić information content (AvgIpc) is 2.87. The van der Waals surface area contributed by atoms with Crippen molar-refractivity contribution >= 4 is 11.3 Å². The first-order chi connectivity index (χ1) is 7.40. The summed E-state index contributed by atoms with van der Waals surface area (Å²) >= 11 is 1.61. The van der Waals surface area contributed by atoms with E-state index in [9.17, 15) is 0 Å². The zero-order valence-electron chi connectivity index (χ0n) is 8.56. The van der Waals surface area contributed by atoms with E-state index in [2.05, 4.69) is 15.5 Å². The fourth-order valence-electron chi connectivity index (χ4n) is 1.28. The molecule has 0 saturated carbocycles. The van der Waals surface area contributed by atoms with E-state index in [-0.39, 0.29) is 0 Å². The number of hydrogen-bond acceptors (Lipinski definition) is 5. The second-order valence-electron chi connectivity index (χ2n) is 3.20. The lowest BCUT2D eigenvalue weighted by molar-refractivity contribution is 0.422. The first-order valence-corrected chi connectivity index (χ1v) is 5.79. The molecule has 0 unspecified atom stereocenters. The van der Waals surface area contributed by atoms with E-state index < -0.39 is 0 Å². The van der Waals surface area contributed by atoms with Gasteiger partial charge in [-0.3, -0.25) is 0 Å². The van der Waals surface area contributed by atoms with Gasteiger partial charge in [0.15, 0.2) is 5.82 Å². The first-order valence-electron chi connectivity index (χ1n) is 4.91. The molecule has 2 aromatic heterocycles. The van der Waals surface area contributed by atoms with Gasteiger partial charge < -0.3 is 9.84 Å². The van der Waals surface area contributed by atoms with Crippen molar-refractivity contribution in [2.75, 3.05) is 13.6 Å². The largest absolute Gasteiger partial charge is 0.333 e. The number of aryl methyl sites for hydroxylation is 1. The van der Waals surface area contributed by atoms with Crippen LogP contribution < -0.4 is 5.32 Å². The molecule has 2 aromatic rings. The van der Waals surface area contributed by atoms with Crippen LogP contribution in [0.5, 0.6) is 0 Å². The highest BCUT2D eigenvalue weighted by atomic mass is 32.1. The minimum absolute atomic E-state index is 0.629. The smallest absolute Gasteiger partial charge is 0.267 e. The maximum absolute atomic E-state index is 5.17. The second kappa shape index (κ2) is 5.04. The number of hydrogen-bond donors (Lipinski definition) is 1. The molecule has 0 radical (unpaired) electrons. The van der Waals surface area contributed by atoms with Crippen LogP contribution in [0.4, 0.5) is 0 Å². The van der Waals surface area contributed by atoms with Crippen LogP contribution in [0, 0.1) is 0 Å². The van der Waals surface area contributed by atoms with Gasteiger partial charge in [-0.25, -0.2) is 0 Å². The Balaban J connectivity index is 1.98. The number of rotatable bonds is 5. The molecule has 5 heteroatoms. The van der Waals surface area contributed by atoms with Crippen LogP contribution in [0.2, 0.25) is 0 Å². The monoisotopic (exact) mass is 223 g/mol. The molecule has 2 heterocycles. The summed E-state index contributed by atoms with van der Waals surface area (Å²) in [7, 11) is 1.94. The molecule has 0 saturated heterocycles. The summed E-state index contributed by atoms with van der Waals surface area (Å²) in [6.07, 6.45) is 1.88. The summed E-state index contributed by atoms with van der Waals surface area (Å²) in [4.78, 5) is 5.36. The lowest BCUT2D eigenvalue weighted by Gasteiger charge is -1.93. The van der Waals surface area contributed by atoms with Gasteiger partial charge >= 0.3 is 0 Å². The number of thiophene rings is 1. The molecule has 2 rings (SSSR count). The zero-order valence-corrected chi connectivity index (χ0v) is 9.38. The van der Waals surface area contributed by atoms with Gasteiger partial charge in [-0.15, -0.1) is 11.3 Å². The highest BCUT2D eigenvalue weighted by Crippen LogP contribution is 2.22. The summed E-state index contributed by atoms with van der Waals surface area (Å²) in [6.45, 7) is 0.975. The molecule has 0 aromatic carbocycles. The van der Waals surface area contributed by atoms with E-state index in [4.69, 9.17) is 4.52 Å². The lowest BCUT2D eigenvalue weighted by atomic mass is 10.3. The minimum atomic E-state index is 0.629. The Morgan fingerprint density at radius 1 is 1.53 bits per heavy atom. The van der Waals surface area contributed by atoms with Crippen LogP contribution >= 0.6 is 11.3 Å². The number of aromatic nitrogens is 2. The van der Waals surface area contributed by atoms with Gasteiger partial charge in [-0.05, 0) is 31.5 Å². The van der Waals surface area contributed by atoms with Crippen LogP contribution in [0.1, 0.15) is 12.2 Å². The molecule has 0 spiro atoms. The summed E-state index contributed by atoms with van der Waals surface area (Å²) in [5, 5.41) is 9.03. The molecule has 1 N–H and O–H groups in total. The molecule has 0 aliphatic rings. The van der Waals surface area contributed by atoms with Crippen LogP contribution in [-0.4, -0.2) is 23.7 Å². The van der Waals surface area contributed by atoms with E-state index in [1.165, 1.54) is 0 Å². The Kier molecular flexibility index (Phi) is 3.47. The van der Waals surface area contributed by atoms with Gasteiger partial charge in [0, 0.05) is 6.42 Å². The van der Waals surface area contributed by atoms with E-state index >= 15 is 0 Å². The van der Waals surface area contributed by atoms with Gasteiger partial charge in [0.05, 0.1) is 4.88 Å². The summed E-state index contributed by atoms with van der Waals surface area (Å²) < 4.78 is 5.17. The fourth-order valence-corrected chi connectivity index (χ4v) is 1.92. The Morgan fingerprint density at radius 2 is 2.47 bits per heavy atom. The van der Waals surface area contributed by atoms with Crippen LogP contribution in [0.15, 0.2) is 22.0 Å². The second-order valence-corrected chi connectivity index (χ2v) is 4.15. The summed E-state index contributed by atoms with van der Waals surface area (Å²) in [5.41, 5.74) is 0. The quantitative estimate of drug-likeness (QED) is 0.787. The molecule has 80 valence electrons. The normalized spacial score (nSPS) is 10.7. The Bertz CT molecular complexity index is 396. The Labute approximate surface area is 92.3 Å². The van der Waals surface area contributed by atoms with Crippen molar-refractivity contribution in [3.63, 3.8) is 0 Å². The molecule has 0 aliphatic heterocycles. The molecule has 0 amide bonds. The van der Waals surface area contributed by atoms with Gasteiger partial charge in [0.1, 0.15) is 0 Å². The maximum atomic E-state index is 5.17. The van der Waals surface area contributed by atoms with Crippen LogP contribution in [-0.2, 0) is 6.42 Å². The van der Waals surface area contributed by atoms with Crippen molar-refractivity contribution < 1.29 is 4.52 Å². The highest BCUT2D eigenvalue weighted by Gasteiger charge is 2.08. The summed E-state index contributed by atoms with van der Waals surface area (Å²) in [5.74, 6) is 1.41. The molecule has 0 atom stereocenters. The molecule has 4 nitrogen and oxygen atoms in total. The average molecular weight is 223 g/mol. The topological polar surface area (TPSA) is 51.0 Å². The highest BCUT2D eigenvalue weighted by molar-refractivity contribution is 7.13. The predicted octanol–water partition coefficient (Wildman–Crippen LogP) is 1.95. The molecular weight excluding hydrogens is 210 g/mol. The van der Waals surface area contributed by atoms with E-state index in [1.807, 2.05) is 24.6 Å². The molecule has 0 aliphatic carbocycles. The third-order valence-electron chi connectivity index (χ3n) is 2.03. The van der Waals surface area contributed by atoms with E-state index in [0.717, 1.165) is 30.1 Å². The van der Waals surface area contributed by atoms with E-state index in [1.54, 1.807) is 11.3 Å². The molecule has 15 heavy (non-hydrogen) atoms. The Hall–Kier alpha value is -1.20. The van der Waals surface area contributed by atoms with Gasteiger partial charge in [-0.1, -0.05) is 11.2 Å². The first kappa shape index (κ1) is 10.3. The van der Waals surface area contributed by atoms with Crippen molar-refractivity contribution in [3.05, 3.63) is 23.3 Å². The summed E-state index contributed by atoms with van der Waals surface area (Å²) in [6, 6.07) is 3.96. The Morgan fingerprint density at radius 3 is 3.20 bits per heavy atom. The van der Waals surface area contributed by atoms with Gasteiger partial charge in [0.25, 0.3) is 5.89 Å². The third-order valence-corrected chi connectivity index (χ3v) is 2.89. The predicted molar refractivity (Wildman–Crippen MR) is 59.9 cm³/mol. The van der Waals surface area contributed by atoms with Crippen LogP contribution in [0.25, 0.3) is 10.8 Å². The SMILES string of the molecule is CNCCCc1noc(-c2cccs2)n1. The molecule has 0 bridgehead atoms. The van der Waals surface area contributed by atoms with Crippen molar-refractivity contribution in [3.8, 4) is 10.8 Å². The van der Waals surface area contributed by atoms with Crippen LogP contribution in [0.3, 0.4) is 0 Å². The number of nitrogens with one attached hydrogen (secondary N) is 1.